The Balaban J connectivity index is 1.60. The normalized spacial score (nSPS) is 21.5. The molecule has 2 fully saturated rings. The average molecular weight is 415 g/mol. The first-order valence-electron chi connectivity index (χ1n) is 11.5. The number of pyridine rings is 1. The Kier molecular flexibility index (Phi) is 9.30. The largest absolute Gasteiger partial charge is 0.383 e. The fourth-order valence-corrected chi connectivity index (χ4v) is 4.69. The summed E-state index contributed by atoms with van der Waals surface area (Å²) < 4.78 is 5.21. The number of likely N-dealkylation sites (N-methyl/N-ethyl adjacent to an activating group) is 1. The number of piperidine rings is 1. The number of hydrogen-bond donors (Lipinski definition) is 0. The van der Waals surface area contributed by atoms with Crippen molar-refractivity contribution in [2.75, 3.05) is 59.5 Å². The molecule has 1 unspecified atom stereocenters. The molecule has 2 aliphatic rings. The van der Waals surface area contributed by atoms with Gasteiger partial charge in [-0.25, -0.2) is 0 Å². The van der Waals surface area contributed by atoms with Crippen LogP contribution in [0.25, 0.3) is 6.08 Å². The van der Waals surface area contributed by atoms with Crippen LogP contribution in [-0.2, 0) is 9.53 Å². The van der Waals surface area contributed by atoms with E-state index in [1.807, 2.05) is 24.3 Å². The van der Waals surface area contributed by atoms with Crippen LogP contribution in [0.2, 0.25) is 0 Å². The van der Waals surface area contributed by atoms with Gasteiger partial charge < -0.3 is 14.5 Å². The number of methoxy groups -OCH3 is 1. The maximum Gasteiger partial charge on any atom is 0.246 e. The molecule has 2 saturated heterocycles. The molecule has 1 amide bonds. The molecule has 1 aromatic heterocycles. The molecule has 1 aromatic rings. The van der Waals surface area contributed by atoms with Gasteiger partial charge in [0.1, 0.15) is 0 Å². The lowest BCUT2D eigenvalue weighted by molar-refractivity contribution is -0.127. The van der Waals surface area contributed by atoms with Crippen LogP contribution in [0.1, 0.15) is 38.3 Å². The number of amides is 1. The van der Waals surface area contributed by atoms with Crippen molar-refractivity contribution in [2.45, 2.75) is 38.6 Å². The van der Waals surface area contributed by atoms with E-state index in [1.165, 1.54) is 12.8 Å². The molecule has 0 bridgehead atoms. The fraction of sp³-hybridized carbons (Fsp3) is 0.667. The van der Waals surface area contributed by atoms with E-state index in [4.69, 9.17) is 4.74 Å². The predicted molar refractivity (Wildman–Crippen MR) is 121 cm³/mol. The lowest BCUT2D eigenvalue weighted by Gasteiger charge is -2.36. The monoisotopic (exact) mass is 414 g/mol. The Hall–Kier alpha value is -1.76. The van der Waals surface area contributed by atoms with Crippen molar-refractivity contribution in [1.82, 2.24) is 19.7 Å². The molecule has 0 saturated carbocycles. The summed E-state index contributed by atoms with van der Waals surface area (Å²) in [6, 6.07) is 6.26. The number of rotatable bonds is 10. The summed E-state index contributed by atoms with van der Waals surface area (Å²) >= 11 is 0. The molecule has 166 valence electrons. The van der Waals surface area contributed by atoms with Crippen LogP contribution in [0, 0.1) is 5.92 Å². The third kappa shape index (κ3) is 6.89. The van der Waals surface area contributed by atoms with E-state index in [2.05, 4.69) is 26.6 Å². The molecule has 6 heteroatoms. The SMILES string of the molecule is CCN1CCCC1CN(CC1CCN(CCOC)CC1)C(=O)C=Cc1ccccn1. The molecule has 6 nitrogen and oxygen atoms in total. The average Bonchev–Trinajstić information content (AvgIpc) is 3.24. The van der Waals surface area contributed by atoms with E-state index in [9.17, 15) is 4.79 Å². The second-order valence-electron chi connectivity index (χ2n) is 8.53. The van der Waals surface area contributed by atoms with Gasteiger partial charge in [0.2, 0.25) is 5.91 Å². The second-order valence-corrected chi connectivity index (χ2v) is 8.53. The van der Waals surface area contributed by atoms with Gasteiger partial charge in [-0.3, -0.25) is 14.7 Å². The number of ether oxygens (including phenoxy) is 1. The zero-order valence-electron chi connectivity index (χ0n) is 18.7. The molecule has 0 aromatic carbocycles. The van der Waals surface area contributed by atoms with Crippen LogP contribution in [0.5, 0.6) is 0 Å². The number of carbonyl (C=O) groups is 1. The van der Waals surface area contributed by atoms with Crippen LogP contribution in [0.3, 0.4) is 0 Å². The lowest BCUT2D eigenvalue weighted by atomic mass is 9.95. The van der Waals surface area contributed by atoms with Crippen molar-refractivity contribution < 1.29 is 9.53 Å². The number of carbonyl (C=O) groups excluding carboxylic acids is 1. The number of aromatic nitrogens is 1. The quantitative estimate of drug-likeness (QED) is 0.551. The van der Waals surface area contributed by atoms with Gasteiger partial charge in [-0.2, -0.15) is 0 Å². The molecule has 3 heterocycles. The summed E-state index contributed by atoms with van der Waals surface area (Å²) in [5, 5.41) is 0. The maximum atomic E-state index is 13.1. The van der Waals surface area contributed by atoms with Gasteiger partial charge in [0.15, 0.2) is 0 Å². The van der Waals surface area contributed by atoms with Gasteiger partial charge in [0.05, 0.1) is 12.3 Å². The van der Waals surface area contributed by atoms with Crippen LogP contribution < -0.4 is 0 Å². The van der Waals surface area contributed by atoms with Gasteiger partial charge in [0.25, 0.3) is 0 Å². The van der Waals surface area contributed by atoms with Gasteiger partial charge in [-0.15, -0.1) is 0 Å². The minimum Gasteiger partial charge on any atom is -0.383 e. The molecular weight excluding hydrogens is 376 g/mol. The molecule has 0 spiro atoms. The highest BCUT2D eigenvalue weighted by atomic mass is 16.5. The third-order valence-electron chi connectivity index (χ3n) is 6.53. The Bertz CT molecular complexity index is 658. The van der Waals surface area contributed by atoms with Crippen molar-refractivity contribution in [2.24, 2.45) is 5.92 Å². The highest BCUT2D eigenvalue weighted by molar-refractivity contribution is 5.91. The van der Waals surface area contributed by atoms with Crippen molar-refractivity contribution in [3.8, 4) is 0 Å². The van der Waals surface area contributed by atoms with Gasteiger partial charge >= 0.3 is 0 Å². The van der Waals surface area contributed by atoms with E-state index in [1.54, 1.807) is 19.4 Å². The summed E-state index contributed by atoms with van der Waals surface area (Å²) in [7, 11) is 1.76. The zero-order chi connectivity index (χ0) is 21.2. The number of nitrogens with zero attached hydrogens (tertiary/aromatic N) is 4. The summed E-state index contributed by atoms with van der Waals surface area (Å²) in [5.74, 6) is 0.692. The Labute approximate surface area is 181 Å². The zero-order valence-corrected chi connectivity index (χ0v) is 18.7. The van der Waals surface area contributed by atoms with Crippen LogP contribution in [-0.4, -0.2) is 91.2 Å². The van der Waals surface area contributed by atoms with Crippen molar-refractivity contribution in [1.29, 1.82) is 0 Å². The van der Waals surface area contributed by atoms with E-state index in [-0.39, 0.29) is 5.91 Å². The molecule has 1 atom stereocenters. The molecule has 0 N–H and O–H groups in total. The Morgan fingerprint density at radius 1 is 1.23 bits per heavy atom. The topological polar surface area (TPSA) is 48.9 Å². The van der Waals surface area contributed by atoms with Crippen LogP contribution in [0.15, 0.2) is 30.5 Å². The first kappa shape index (κ1) is 22.9. The van der Waals surface area contributed by atoms with Crippen molar-refractivity contribution >= 4 is 12.0 Å². The molecular formula is C24H38N4O2. The minimum absolute atomic E-state index is 0.116. The first-order chi connectivity index (χ1) is 14.7. The molecule has 0 aliphatic carbocycles. The van der Waals surface area contributed by atoms with E-state index in [0.29, 0.717) is 12.0 Å². The van der Waals surface area contributed by atoms with Gasteiger partial charge in [-0.05, 0) is 76.0 Å². The number of hydrogen-bond acceptors (Lipinski definition) is 5. The Morgan fingerprint density at radius 2 is 2.07 bits per heavy atom. The van der Waals surface area contributed by atoms with Crippen molar-refractivity contribution in [3.63, 3.8) is 0 Å². The van der Waals surface area contributed by atoms with E-state index >= 15 is 0 Å². The minimum atomic E-state index is 0.116. The first-order valence-corrected chi connectivity index (χ1v) is 11.5. The summed E-state index contributed by atoms with van der Waals surface area (Å²) in [6.07, 6.45) is 10.0. The summed E-state index contributed by atoms with van der Waals surface area (Å²) in [5.41, 5.74) is 0.827. The molecule has 0 radical (unpaired) electrons. The van der Waals surface area contributed by atoms with Gasteiger partial charge in [-0.1, -0.05) is 13.0 Å². The fourth-order valence-electron chi connectivity index (χ4n) is 4.69. The highest BCUT2D eigenvalue weighted by Gasteiger charge is 2.29. The molecule has 30 heavy (non-hydrogen) atoms. The molecule has 3 rings (SSSR count). The maximum absolute atomic E-state index is 13.1. The van der Waals surface area contributed by atoms with E-state index < -0.39 is 0 Å². The molecule has 2 aliphatic heterocycles. The standard InChI is InChI=1S/C24H38N4O2/c1-3-27-14-6-8-23(27)20-28(24(29)10-9-22-7-4-5-13-25-22)19-21-11-15-26(16-12-21)17-18-30-2/h4-5,7,9-10,13,21,23H,3,6,8,11-12,14-20H2,1-2H3. The second kappa shape index (κ2) is 12.2. The Morgan fingerprint density at radius 3 is 2.77 bits per heavy atom. The van der Waals surface area contributed by atoms with Crippen LogP contribution in [0.4, 0.5) is 0 Å². The predicted octanol–water partition coefficient (Wildman–Crippen LogP) is 2.77. The number of likely N-dealkylation sites (tertiary alicyclic amines) is 2. The van der Waals surface area contributed by atoms with Crippen LogP contribution >= 0.6 is 0 Å². The summed E-state index contributed by atoms with van der Waals surface area (Å²) in [6.45, 7) is 10.1. The highest BCUT2D eigenvalue weighted by Crippen LogP contribution is 2.22. The summed E-state index contributed by atoms with van der Waals surface area (Å²) in [4.78, 5) is 24.6. The lowest BCUT2D eigenvalue weighted by Crippen LogP contribution is -2.46. The smallest absolute Gasteiger partial charge is 0.246 e. The van der Waals surface area contributed by atoms with Crippen molar-refractivity contribution in [3.05, 3.63) is 36.2 Å². The van der Waals surface area contributed by atoms with Gasteiger partial charge in [0, 0.05) is 45.1 Å². The third-order valence-corrected chi connectivity index (χ3v) is 6.53. The van der Waals surface area contributed by atoms with E-state index in [0.717, 1.165) is 71.0 Å².